The van der Waals surface area contributed by atoms with Gasteiger partial charge in [-0.1, -0.05) is 24.1 Å². The number of hydrogen-bond donors (Lipinski definition) is 5. The van der Waals surface area contributed by atoms with E-state index in [0.717, 1.165) is 11.1 Å². The first-order valence-corrected chi connectivity index (χ1v) is 12.9. The van der Waals surface area contributed by atoms with Crippen LogP contribution in [0.4, 0.5) is 0 Å². The molecule has 5 rings (SSSR count). The molecule has 0 aromatic carbocycles. The number of esters is 1. The van der Waals surface area contributed by atoms with Gasteiger partial charge in [-0.2, -0.15) is 0 Å². The smallest absolute Gasteiger partial charge is 0.334 e. The summed E-state index contributed by atoms with van der Waals surface area (Å²) in [6.07, 6.45) is 2.17. The van der Waals surface area contributed by atoms with Gasteiger partial charge in [-0.05, 0) is 77.4 Å². The van der Waals surface area contributed by atoms with E-state index < -0.39 is 51.9 Å². The maximum atomic E-state index is 13.2. The third-order valence-electron chi connectivity index (χ3n) is 11.1. The number of fused-ring (bicyclic) bond motifs is 5. The summed E-state index contributed by atoms with van der Waals surface area (Å²) in [5.74, 6) is -1.54. The highest BCUT2D eigenvalue weighted by molar-refractivity contribution is 5.97. The molecule has 5 N–H and O–H groups in total. The molecule has 0 spiro atoms. The van der Waals surface area contributed by atoms with Crippen molar-refractivity contribution in [3.8, 4) is 0 Å². The zero-order valence-electron chi connectivity index (χ0n) is 21.6. The largest absolute Gasteiger partial charge is 0.455 e. The van der Waals surface area contributed by atoms with Gasteiger partial charge < -0.3 is 30.3 Å². The fourth-order valence-corrected chi connectivity index (χ4v) is 8.36. The van der Waals surface area contributed by atoms with Gasteiger partial charge in [0.2, 0.25) is 0 Å². The Morgan fingerprint density at radius 2 is 1.81 bits per heavy atom. The van der Waals surface area contributed by atoms with Crippen LogP contribution >= 0.6 is 0 Å². The number of aliphatic hydroxyl groups excluding tert-OH is 2. The average Bonchev–Trinajstić information content (AvgIpc) is 3.10. The number of ether oxygens (including phenoxy) is 1. The highest BCUT2D eigenvalue weighted by atomic mass is 16.6. The summed E-state index contributed by atoms with van der Waals surface area (Å²) in [6, 6.07) is 0. The van der Waals surface area contributed by atoms with Gasteiger partial charge in [0.1, 0.15) is 29.0 Å². The fourth-order valence-electron chi connectivity index (χ4n) is 8.36. The Hall–Kier alpha value is -1.84. The standard InChI is InChI=1S/C28H38O8/c1-14-12-22(36-23(32)15(14)2)26(5,33)27(34)11-9-17-16-13-21(31)28(35)20(30)7-6-19(29)25(28,4)18(16)8-10-24(17,27)3/h6-7,9,16,18,20-22,30-31,33-35H,8,10-13H2,1-5H3/t16-,18-,20-,21-,22+,24-,25-,26-,27-,28+/m0/s1. The van der Waals surface area contributed by atoms with Crippen LogP contribution in [0.3, 0.4) is 0 Å². The monoisotopic (exact) mass is 502 g/mol. The summed E-state index contributed by atoms with van der Waals surface area (Å²) >= 11 is 0. The van der Waals surface area contributed by atoms with Crippen LogP contribution in [0, 0.1) is 22.7 Å². The highest BCUT2D eigenvalue weighted by Gasteiger charge is 2.73. The average molecular weight is 503 g/mol. The molecule has 36 heavy (non-hydrogen) atoms. The van der Waals surface area contributed by atoms with Gasteiger partial charge in [0.15, 0.2) is 5.78 Å². The van der Waals surface area contributed by atoms with Crippen LogP contribution in [0.15, 0.2) is 34.9 Å². The fraction of sp³-hybridized carbons (Fsp3) is 0.714. The SMILES string of the molecule is CC1=C(C)C(=O)O[C@@H]([C@](C)(O)[C@]2(O)CC=C3[C@@H]4C[C@H](O)[C@]5(O)[C@@H](O)C=CC(=O)[C@]5(C)[C@H]4CC[C@@]32C)C1. The molecule has 198 valence electrons. The lowest BCUT2D eigenvalue weighted by Gasteiger charge is -2.64. The molecule has 0 amide bonds. The molecule has 5 aliphatic rings. The van der Waals surface area contributed by atoms with Crippen LogP contribution < -0.4 is 0 Å². The van der Waals surface area contributed by atoms with Gasteiger partial charge in [-0.15, -0.1) is 0 Å². The Morgan fingerprint density at radius 1 is 1.14 bits per heavy atom. The number of carbonyl (C=O) groups is 2. The van der Waals surface area contributed by atoms with Crippen molar-refractivity contribution >= 4 is 11.8 Å². The summed E-state index contributed by atoms with van der Waals surface area (Å²) in [6.45, 7) is 8.55. The Balaban J connectivity index is 1.53. The number of carbonyl (C=O) groups excluding carboxylic acids is 2. The second-order valence-corrected chi connectivity index (χ2v) is 12.4. The van der Waals surface area contributed by atoms with Crippen LogP contribution in [-0.4, -0.2) is 72.4 Å². The molecule has 1 heterocycles. The number of aliphatic hydroxyl groups is 5. The Morgan fingerprint density at radius 3 is 2.44 bits per heavy atom. The van der Waals surface area contributed by atoms with Crippen molar-refractivity contribution in [2.75, 3.05) is 0 Å². The topological polar surface area (TPSA) is 145 Å². The van der Waals surface area contributed by atoms with E-state index in [9.17, 15) is 35.1 Å². The maximum Gasteiger partial charge on any atom is 0.334 e. The maximum absolute atomic E-state index is 13.2. The van der Waals surface area contributed by atoms with E-state index in [1.807, 2.05) is 19.9 Å². The van der Waals surface area contributed by atoms with E-state index in [-0.39, 0.29) is 30.5 Å². The molecule has 8 nitrogen and oxygen atoms in total. The molecule has 2 saturated carbocycles. The van der Waals surface area contributed by atoms with Crippen LogP contribution in [0.1, 0.15) is 66.7 Å². The third-order valence-corrected chi connectivity index (χ3v) is 11.1. The van der Waals surface area contributed by atoms with Crippen molar-refractivity contribution in [1.82, 2.24) is 0 Å². The molecule has 0 radical (unpaired) electrons. The van der Waals surface area contributed by atoms with Crippen molar-refractivity contribution in [3.05, 3.63) is 34.9 Å². The molecular weight excluding hydrogens is 464 g/mol. The zero-order chi connectivity index (χ0) is 26.6. The molecule has 8 heteroatoms. The summed E-state index contributed by atoms with van der Waals surface area (Å²) in [5, 5.41) is 57.4. The second kappa shape index (κ2) is 7.60. The normalized spacial score (nSPS) is 50.1. The van der Waals surface area contributed by atoms with E-state index in [2.05, 4.69) is 0 Å². The first-order chi connectivity index (χ1) is 16.6. The minimum Gasteiger partial charge on any atom is -0.455 e. The van der Waals surface area contributed by atoms with Gasteiger partial charge in [-0.3, -0.25) is 4.79 Å². The number of rotatable bonds is 2. The lowest BCUT2D eigenvalue weighted by atomic mass is 9.43. The number of cyclic esters (lactones) is 1. The third kappa shape index (κ3) is 2.77. The summed E-state index contributed by atoms with van der Waals surface area (Å²) in [4.78, 5) is 25.7. The minimum atomic E-state index is -2.01. The predicted molar refractivity (Wildman–Crippen MR) is 129 cm³/mol. The molecule has 0 aromatic heterocycles. The molecule has 2 fully saturated rings. The van der Waals surface area contributed by atoms with E-state index in [1.54, 1.807) is 13.8 Å². The molecule has 4 aliphatic carbocycles. The summed E-state index contributed by atoms with van der Waals surface area (Å²) in [5.41, 5.74) is -5.60. The lowest BCUT2D eigenvalue weighted by Crippen LogP contribution is -2.74. The zero-order valence-corrected chi connectivity index (χ0v) is 21.6. The van der Waals surface area contributed by atoms with Gasteiger partial charge in [0.05, 0.1) is 11.5 Å². The summed E-state index contributed by atoms with van der Waals surface area (Å²) < 4.78 is 5.60. The number of allylic oxidation sites excluding steroid dienone is 1. The van der Waals surface area contributed by atoms with Crippen molar-refractivity contribution in [1.29, 1.82) is 0 Å². The molecular formula is C28H38O8. The number of hydrogen-bond acceptors (Lipinski definition) is 8. The molecule has 0 bridgehead atoms. The van der Waals surface area contributed by atoms with Crippen LogP contribution in [0.2, 0.25) is 0 Å². The highest BCUT2D eigenvalue weighted by Crippen LogP contribution is 2.68. The molecule has 1 aliphatic heterocycles. The van der Waals surface area contributed by atoms with Crippen molar-refractivity contribution < 1.29 is 39.9 Å². The van der Waals surface area contributed by atoms with E-state index in [4.69, 9.17) is 4.74 Å². The second-order valence-electron chi connectivity index (χ2n) is 12.4. The van der Waals surface area contributed by atoms with E-state index in [0.29, 0.717) is 24.8 Å². The van der Waals surface area contributed by atoms with Crippen molar-refractivity contribution in [3.63, 3.8) is 0 Å². The molecule has 0 aromatic rings. The molecule has 10 atom stereocenters. The minimum absolute atomic E-state index is 0.119. The van der Waals surface area contributed by atoms with E-state index >= 15 is 0 Å². The Kier molecular flexibility index (Phi) is 5.45. The molecule has 0 saturated heterocycles. The van der Waals surface area contributed by atoms with Crippen LogP contribution in [-0.2, 0) is 14.3 Å². The van der Waals surface area contributed by atoms with Crippen LogP contribution in [0.25, 0.3) is 0 Å². The Bertz CT molecular complexity index is 1120. The summed E-state index contributed by atoms with van der Waals surface area (Å²) in [7, 11) is 0. The van der Waals surface area contributed by atoms with E-state index in [1.165, 1.54) is 19.1 Å². The molecule has 0 unspecified atom stereocenters. The van der Waals surface area contributed by atoms with Crippen LogP contribution in [0.5, 0.6) is 0 Å². The Labute approximate surface area is 211 Å². The number of ketones is 1. The first-order valence-electron chi connectivity index (χ1n) is 12.9. The van der Waals surface area contributed by atoms with Gasteiger partial charge in [0.25, 0.3) is 0 Å². The van der Waals surface area contributed by atoms with Crippen molar-refractivity contribution in [2.24, 2.45) is 22.7 Å². The quantitative estimate of drug-likeness (QED) is 0.282. The van der Waals surface area contributed by atoms with Gasteiger partial charge in [-0.25, -0.2) is 4.79 Å². The predicted octanol–water partition coefficient (Wildman–Crippen LogP) is 1.48. The lowest BCUT2D eigenvalue weighted by molar-refractivity contribution is -0.259. The first kappa shape index (κ1) is 25.8. The van der Waals surface area contributed by atoms with Gasteiger partial charge in [0, 0.05) is 17.4 Å². The van der Waals surface area contributed by atoms with Gasteiger partial charge >= 0.3 is 5.97 Å². The van der Waals surface area contributed by atoms with Crippen molar-refractivity contribution in [2.45, 2.75) is 102 Å².